The van der Waals surface area contributed by atoms with Crippen LogP contribution in [0.2, 0.25) is 0 Å². The van der Waals surface area contributed by atoms with Gasteiger partial charge in [-0.25, -0.2) is 0 Å². The quantitative estimate of drug-likeness (QED) is 0.440. The van der Waals surface area contributed by atoms with Crippen molar-refractivity contribution in [3.63, 3.8) is 0 Å². The van der Waals surface area contributed by atoms with E-state index in [-0.39, 0.29) is 6.42 Å². The third-order valence-electron chi connectivity index (χ3n) is 2.30. The Labute approximate surface area is 96.2 Å². The Kier molecular flexibility index (Phi) is 8.52. The lowest BCUT2D eigenvalue weighted by Crippen LogP contribution is -2.47. The summed E-state index contributed by atoms with van der Waals surface area (Å²) >= 11 is 0. The molecule has 0 aliphatic heterocycles. The normalized spacial score (nSPS) is 12.1. The fourth-order valence-electron chi connectivity index (χ4n) is 1.32. The molecule has 0 amide bonds. The smallest absolute Gasteiger partial charge is 0.307 e. The van der Waals surface area contributed by atoms with Gasteiger partial charge in [0.1, 0.15) is 0 Å². The first-order valence-electron chi connectivity index (χ1n) is 5.62. The average Bonchev–Trinajstić information content (AvgIpc) is 2.26. The summed E-state index contributed by atoms with van der Waals surface area (Å²) in [6.07, 6.45) is 4.04. The van der Waals surface area contributed by atoms with E-state index >= 15 is 0 Å². The molecular weight excluding hydrogens is 210 g/mol. The van der Waals surface area contributed by atoms with E-state index in [0.717, 1.165) is 25.7 Å². The van der Waals surface area contributed by atoms with Crippen molar-refractivity contribution in [1.29, 1.82) is 0 Å². The van der Waals surface area contributed by atoms with Crippen molar-refractivity contribution in [2.45, 2.75) is 45.1 Å². The molecule has 0 aromatic carbocycles. The van der Waals surface area contributed by atoms with Gasteiger partial charge in [-0.1, -0.05) is 26.2 Å². The SMILES string of the molecule is CCCCCCNC(CC(=O)OC)C(=O)[O-]. The minimum atomic E-state index is -1.26. The highest BCUT2D eigenvalue weighted by atomic mass is 16.5. The van der Waals surface area contributed by atoms with E-state index in [1.54, 1.807) is 0 Å². The fourth-order valence-corrected chi connectivity index (χ4v) is 1.32. The zero-order valence-electron chi connectivity index (χ0n) is 9.95. The number of hydrogen-bond acceptors (Lipinski definition) is 5. The number of rotatable bonds is 9. The molecule has 0 bridgehead atoms. The second-order valence-electron chi connectivity index (χ2n) is 3.67. The van der Waals surface area contributed by atoms with Gasteiger partial charge in [0.15, 0.2) is 0 Å². The molecular formula is C11H20NO4-. The summed E-state index contributed by atoms with van der Waals surface area (Å²) in [7, 11) is 1.23. The minimum Gasteiger partial charge on any atom is -0.548 e. The van der Waals surface area contributed by atoms with Crippen LogP contribution >= 0.6 is 0 Å². The molecule has 0 rings (SSSR count). The Morgan fingerprint density at radius 3 is 2.50 bits per heavy atom. The van der Waals surface area contributed by atoms with Crippen molar-refractivity contribution in [1.82, 2.24) is 5.32 Å². The Morgan fingerprint density at radius 1 is 1.31 bits per heavy atom. The maximum absolute atomic E-state index is 10.9. The van der Waals surface area contributed by atoms with Crippen molar-refractivity contribution >= 4 is 11.9 Å². The largest absolute Gasteiger partial charge is 0.548 e. The molecule has 0 aliphatic carbocycles. The molecule has 5 heteroatoms. The van der Waals surface area contributed by atoms with Crippen LogP contribution in [-0.2, 0) is 14.3 Å². The molecule has 1 unspecified atom stereocenters. The zero-order valence-corrected chi connectivity index (χ0v) is 9.95. The first kappa shape index (κ1) is 14.9. The molecule has 0 spiro atoms. The summed E-state index contributed by atoms with van der Waals surface area (Å²) in [6, 6.07) is -0.950. The first-order chi connectivity index (χ1) is 7.61. The van der Waals surface area contributed by atoms with Crippen molar-refractivity contribution < 1.29 is 19.4 Å². The number of unbranched alkanes of at least 4 members (excludes halogenated alkanes) is 3. The van der Waals surface area contributed by atoms with Crippen molar-refractivity contribution in [3.8, 4) is 0 Å². The van der Waals surface area contributed by atoms with Crippen molar-refractivity contribution in [2.24, 2.45) is 0 Å². The van der Waals surface area contributed by atoms with E-state index in [2.05, 4.69) is 17.0 Å². The molecule has 16 heavy (non-hydrogen) atoms. The van der Waals surface area contributed by atoms with E-state index in [4.69, 9.17) is 0 Å². The second kappa shape index (κ2) is 9.15. The van der Waals surface area contributed by atoms with Crippen LogP contribution in [0.15, 0.2) is 0 Å². The van der Waals surface area contributed by atoms with Gasteiger partial charge >= 0.3 is 5.97 Å². The van der Waals surface area contributed by atoms with Crippen LogP contribution in [0.4, 0.5) is 0 Å². The number of esters is 1. The molecule has 0 heterocycles. The Bertz CT molecular complexity index is 218. The summed E-state index contributed by atoms with van der Waals surface area (Å²) in [5, 5.41) is 13.5. The molecule has 0 aromatic heterocycles. The van der Waals surface area contributed by atoms with Crippen LogP contribution in [0.1, 0.15) is 39.0 Å². The van der Waals surface area contributed by atoms with E-state index in [1.165, 1.54) is 7.11 Å². The number of methoxy groups -OCH3 is 1. The molecule has 0 aliphatic rings. The highest BCUT2D eigenvalue weighted by molar-refractivity contribution is 5.80. The van der Waals surface area contributed by atoms with Gasteiger partial charge in [0.25, 0.3) is 0 Å². The maximum atomic E-state index is 10.9. The lowest BCUT2D eigenvalue weighted by Gasteiger charge is -2.18. The number of nitrogens with one attached hydrogen (secondary N) is 1. The van der Waals surface area contributed by atoms with Gasteiger partial charge in [-0.05, 0) is 13.0 Å². The number of carbonyl (C=O) groups is 2. The van der Waals surface area contributed by atoms with Gasteiger partial charge in [-0.2, -0.15) is 0 Å². The number of aliphatic carboxylic acids is 1. The molecule has 5 nitrogen and oxygen atoms in total. The summed E-state index contributed by atoms with van der Waals surface area (Å²) < 4.78 is 4.41. The summed E-state index contributed by atoms with van der Waals surface area (Å²) in [4.78, 5) is 21.6. The fraction of sp³-hybridized carbons (Fsp3) is 0.818. The van der Waals surface area contributed by atoms with Gasteiger partial charge in [0.2, 0.25) is 0 Å². The van der Waals surface area contributed by atoms with Gasteiger partial charge in [-0.3, -0.25) is 4.79 Å². The number of carboxylic acids is 1. The molecule has 1 N–H and O–H groups in total. The van der Waals surface area contributed by atoms with Crippen molar-refractivity contribution in [2.75, 3.05) is 13.7 Å². The van der Waals surface area contributed by atoms with Gasteiger partial charge in [-0.15, -0.1) is 0 Å². The van der Waals surface area contributed by atoms with Crippen LogP contribution in [0.25, 0.3) is 0 Å². The Hall–Kier alpha value is -1.10. The average molecular weight is 230 g/mol. The molecule has 0 saturated heterocycles. The van der Waals surface area contributed by atoms with Gasteiger partial charge < -0.3 is 20.0 Å². The second-order valence-corrected chi connectivity index (χ2v) is 3.67. The lowest BCUT2D eigenvalue weighted by molar-refractivity contribution is -0.308. The molecule has 1 atom stereocenters. The summed E-state index contributed by atoms with van der Waals surface area (Å²) in [6.45, 7) is 2.68. The van der Waals surface area contributed by atoms with Crippen LogP contribution in [-0.4, -0.2) is 31.6 Å². The van der Waals surface area contributed by atoms with Crippen molar-refractivity contribution in [3.05, 3.63) is 0 Å². The predicted molar refractivity (Wildman–Crippen MR) is 57.6 cm³/mol. The Balaban J connectivity index is 3.77. The van der Waals surface area contributed by atoms with E-state index < -0.39 is 18.0 Å². The molecule has 0 fully saturated rings. The predicted octanol–water partition coefficient (Wildman–Crippen LogP) is -0.162. The number of ether oxygens (including phenoxy) is 1. The van der Waals surface area contributed by atoms with Gasteiger partial charge in [0, 0.05) is 0 Å². The van der Waals surface area contributed by atoms with Crippen LogP contribution in [0.5, 0.6) is 0 Å². The van der Waals surface area contributed by atoms with E-state index in [1.807, 2.05) is 0 Å². The number of carbonyl (C=O) groups excluding carboxylic acids is 2. The topological polar surface area (TPSA) is 78.5 Å². The standard InChI is InChI=1S/C11H21NO4/c1-3-4-5-6-7-12-9(11(14)15)8-10(13)16-2/h9,12H,3-8H2,1-2H3,(H,14,15)/p-1. The Morgan fingerprint density at radius 2 is 2.00 bits per heavy atom. The number of carboxylic acid groups (broad SMARTS) is 1. The highest BCUT2D eigenvalue weighted by Crippen LogP contribution is 1.99. The first-order valence-corrected chi connectivity index (χ1v) is 5.62. The maximum Gasteiger partial charge on any atom is 0.307 e. The van der Waals surface area contributed by atoms with Crippen LogP contribution in [0.3, 0.4) is 0 Å². The lowest BCUT2D eigenvalue weighted by atomic mass is 10.1. The van der Waals surface area contributed by atoms with E-state index in [9.17, 15) is 14.7 Å². The molecule has 94 valence electrons. The monoisotopic (exact) mass is 230 g/mol. The van der Waals surface area contributed by atoms with Crippen LogP contribution < -0.4 is 10.4 Å². The zero-order chi connectivity index (χ0) is 12.4. The molecule has 0 aromatic rings. The highest BCUT2D eigenvalue weighted by Gasteiger charge is 2.14. The molecule has 0 radical (unpaired) electrons. The van der Waals surface area contributed by atoms with Gasteiger partial charge in [0.05, 0.1) is 25.5 Å². The van der Waals surface area contributed by atoms with Crippen LogP contribution in [0, 0.1) is 0 Å². The molecule has 0 saturated carbocycles. The third-order valence-corrected chi connectivity index (χ3v) is 2.30. The third kappa shape index (κ3) is 7.23. The minimum absolute atomic E-state index is 0.188. The number of hydrogen-bond donors (Lipinski definition) is 1. The summed E-state index contributed by atoms with van der Waals surface area (Å²) in [5.74, 6) is -1.81. The summed E-state index contributed by atoms with van der Waals surface area (Å²) in [5.41, 5.74) is 0. The van der Waals surface area contributed by atoms with E-state index in [0.29, 0.717) is 6.54 Å².